The van der Waals surface area contributed by atoms with Gasteiger partial charge in [0, 0.05) is 42.6 Å². The molecule has 0 bridgehead atoms. The monoisotopic (exact) mass is 571 g/mol. The number of pyridine rings is 1. The number of rotatable bonds is 12. The summed E-state index contributed by atoms with van der Waals surface area (Å²) in [6, 6.07) is 18.9. The predicted octanol–water partition coefficient (Wildman–Crippen LogP) is 5.72. The summed E-state index contributed by atoms with van der Waals surface area (Å²) < 4.78 is 0. The SMILES string of the molecule is O=C(Nc1ccc(NC(=C[N+](=O)[O-])NCCN2CCCCC2)cc1)c1sccc1NCc1ccnc2ccccc12. The number of fused-ring (bicyclic) bond motifs is 1. The van der Waals surface area contributed by atoms with E-state index in [2.05, 4.69) is 31.2 Å². The van der Waals surface area contributed by atoms with Crippen LogP contribution in [0.4, 0.5) is 17.1 Å². The quantitative estimate of drug-likeness (QED) is 0.126. The summed E-state index contributed by atoms with van der Waals surface area (Å²) in [6.07, 6.45) is 6.40. The molecular weight excluding hydrogens is 538 g/mol. The molecule has 1 amide bonds. The van der Waals surface area contributed by atoms with Gasteiger partial charge in [0.25, 0.3) is 12.1 Å². The first-order chi connectivity index (χ1) is 20.0. The molecule has 212 valence electrons. The Labute approximate surface area is 242 Å². The van der Waals surface area contributed by atoms with Gasteiger partial charge in [-0.1, -0.05) is 24.6 Å². The van der Waals surface area contributed by atoms with E-state index >= 15 is 0 Å². The van der Waals surface area contributed by atoms with Crippen LogP contribution < -0.4 is 21.3 Å². The Bertz CT molecular complexity index is 1510. The van der Waals surface area contributed by atoms with Crippen LogP contribution in [0, 0.1) is 10.1 Å². The van der Waals surface area contributed by atoms with Crippen molar-refractivity contribution < 1.29 is 9.72 Å². The highest BCUT2D eigenvalue weighted by Crippen LogP contribution is 2.26. The topological polar surface area (TPSA) is 124 Å². The molecule has 1 aliphatic rings. The highest BCUT2D eigenvalue weighted by Gasteiger charge is 2.15. The molecule has 2 aromatic carbocycles. The summed E-state index contributed by atoms with van der Waals surface area (Å²) in [6.45, 7) is 4.14. The molecular formula is C30H33N7O3S. The minimum absolute atomic E-state index is 0.212. The summed E-state index contributed by atoms with van der Waals surface area (Å²) in [4.78, 5) is 31.1. The molecule has 11 heteroatoms. The second kappa shape index (κ2) is 13.7. The minimum Gasteiger partial charge on any atom is -0.380 e. The van der Waals surface area contributed by atoms with Gasteiger partial charge in [0.1, 0.15) is 4.88 Å². The van der Waals surface area contributed by atoms with Crippen LogP contribution in [0.15, 0.2) is 84.3 Å². The Morgan fingerprint density at radius 2 is 1.76 bits per heavy atom. The van der Waals surface area contributed by atoms with E-state index in [1.165, 1.54) is 30.6 Å². The Hall–Kier alpha value is -4.48. The van der Waals surface area contributed by atoms with Gasteiger partial charge in [-0.2, -0.15) is 0 Å². The van der Waals surface area contributed by atoms with Gasteiger partial charge in [-0.25, -0.2) is 0 Å². The van der Waals surface area contributed by atoms with Crippen molar-refractivity contribution in [2.45, 2.75) is 25.8 Å². The van der Waals surface area contributed by atoms with Gasteiger partial charge >= 0.3 is 0 Å². The molecule has 0 spiro atoms. The zero-order valence-corrected chi connectivity index (χ0v) is 23.5. The molecule has 0 aliphatic carbocycles. The Balaban J connectivity index is 1.16. The van der Waals surface area contributed by atoms with Gasteiger partial charge in [-0.05, 0) is 79.3 Å². The number of carbonyl (C=O) groups excluding carboxylic acids is 1. The number of anilines is 3. The fourth-order valence-corrected chi connectivity index (χ4v) is 5.63. The molecule has 0 atom stereocenters. The third-order valence-corrected chi connectivity index (χ3v) is 7.84. The standard InChI is InChI=1S/C30H33N7O3S/c38-30(29-27(13-19-41-29)33-20-22-12-14-31-26-7-3-2-6-25(22)26)35-24-10-8-23(9-11-24)34-28(21-37(39)40)32-15-18-36-16-4-1-5-17-36/h2-3,6-14,19,21,32-34H,1,4-5,15-18,20H2,(H,35,38). The largest absolute Gasteiger partial charge is 0.380 e. The highest BCUT2D eigenvalue weighted by atomic mass is 32.1. The number of amides is 1. The zero-order valence-electron chi connectivity index (χ0n) is 22.6. The summed E-state index contributed by atoms with van der Waals surface area (Å²) in [5, 5.41) is 26.7. The fourth-order valence-electron chi connectivity index (χ4n) is 4.86. The van der Waals surface area contributed by atoms with Crippen LogP contribution >= 0.6 is 11.3 Å². The second-order valence-corrected chi connectivity index (χ2v) is 10.7. The smallest absolute Gasteiger partial charge is 0.274 e. The number of nitro groups is 1. The van der Waals surface area contributed by atoms with Crippen molar-refractivity contribution in [3.8, 4) is 0 Å². The first-order valence-electron chi connectivity index (χ1n) is 13.7. The van der Waals surface area contributed by atoms with Crippen molar-refractivity contribution in [3.05, 3.63) is 105 Å². The third-order valence-electron chi connectivity index (χ3n) is 6.93. The molecule has 10 nitrogen and oxygen atoms in total. The maximum atomic E-state index is 13.1. The van der Waals surface area contributed by atoms with E-state index < -0.39 is 4.92 Å². The molecule has 1 fully saturated rings. The van der Waals surface area contributed by atoms with Crippen molar-refractivity contribution in [2.75, 3.05) is 42.1 Å². The number of benzene rings is 2. The van der Waals surface area contributed by atoms with E-state index in [1.807, 2.05) is 41.8 Å². The second-order valence-electron chi connectivity index (χ2n) is 9.82. The first kappa shape index (κ1) is 28.1. The number of aromatic nitrogens is 1. The lowest BCUT2D eigenvalue weighted by atomic mass is 10.1. The molecule has 1 saturated heterocycles. The molecule has 4 N–H and O–H groups in total. The zero-order chi connectivity index (χ0) is 28.4. The van der Waals surface area contributed by atoms with Crippen molar-refractivity contribution in [1.82, 2.24) is 15.2 Å². The lowest BCUT2D eigenvalue weighted by Gasteiger charge is -2.26. The molecule has 1 aliphatic heterocycles. The van der Waals surface area contributed by atoms with Crippen molar-refractivity contribution in [2.24, 2.45) is 0 Å². The average molecular weight is 572 g/mol. The van der Waals surface area contributed by atoms with Gasteiger partial charge < -0.3 is 26.2 Å². The van der Waals surface area contributed by atoms with Gasteiger partial charge in [0.05, 0.1) is 16.1 Å². The maximum Gasteiger partial charge on any atom is 0.274 e. The molecule has 41 heavy (non-hydrogen) atoms. The first-order valence-corrected chi connectivity index (χ1v) is 14.6. The van der Waals surface area contributed by atoms with Crippen molar-refractivity contribution in [1.29, 1.82) is 0 Å². The molecule has 4 aromatic rings. The maximum absolute atomic E-state index is 13.1. The number of carbonyl (C=O) groups is 1. The molecule has 2 aromatic heterocycles. The number of likely N-dealkylation sites (tertiary alicyclic amines) is 1. The van der Waals surface area contributed by atoms with E-state index in [-0.39, 0.29) is 5.91 Å². The minimum atomic E-state index is -0.478. The van der Waals surface area contributed by atoms with E-state index in [1.54, 1.807) is 30.5 Å². The number of hydrogen-bond donors (Lipinski definition) is 4. The van der Waals surface area contributed by atoms with Crippen LogP contribution in [-0.2, 0) is 6.54 Å². The Morgan fingerprint density at radius 3 is 2.54 bits per heavy atom. The number of hydrogen-bond acceptors (Lipinski definition) is 9. The van der Waals surface area contributed by atoms with Crippen LogP contribution in [0.25, 0.3) is 10.9 Å². The number of para-hydroxylation sites is 1. The van der Waals surface area contributed by atoms with Gasteiger partial charge in [0.15, 0.2) is 5.82 Å². The van der Waals surface area contributed by atoms with E-state index in [0.717, 1.165) is 48.0 Å². The number of thiophene rings is 1. The fraction of sp³-hybridized carbons (Fsp3) is 0.267. The van der Waals surface area contributed by atoms with Gasteiger partial charge in [-0.15, -0.1) is 11.3 Å². The van der Waals surface area contributed by atoms with Gasteiger partial charge in [0.2, 0.25) is 0 Å². The van der Waals surface area contributed by atoms with Crippen molar-refractivity contribution in [3.63, 3.8) is 0 Å². The van der Waals surface area contributed by atoms with Crippen LogP contribution in [0.5, 0.6) is 0 Å². The Kier molecular flexibility index (Phi) is 9.40. The molecule has 0 unspecified atom stereocenters. The summed E-state index contributed by atoms with van der Waals surface area (Å²) in [5.41, 5.74) is 4.09. The summed E-state index contributed by atoms with van der Waals surface area (Å²) in [7, 11) is 0. The Morgan fingerprint density at radius 1 is 1.00 bits per heavy atom. The average Bonchev–Trinajstić information content (AvgIpc) is 3.46. The normalized spacial score (nSPS) is 14.0. The summed E-state index contributed by atoms with van der Waals surface area (Å²) in [5.74, 6) is 0.108. The third kappa shape index (κ3) is 7.80. The molecule has 5 rings (SSSR count). The van der Waals surface area contributed by atoms with Gasteiger partial charge in [-0.3, -0.25) is 19.9 Å². The number of piperidine rings is 1. The van der Waals surface area contributed by atoms with E-state index in [9.17, 15) is 14.9 Å². The predicted molar refractivity (Wildman–Crippen MR) is 165 cm³/mol. The molecule has 0 saturated carbocycles. The highest BCUT2D eigenvalue weighted by molar-refractivity contribution is 7.12. The molecule has 3 heterocycles. The van der Waals surface area contributed by atoms with Crippen LogP contribution in [0.2, 0.25) is 0 Å². The number of nitrogens with zero attached hydrogens (tertiary/aromatic N) is 3. The van der Waals surface area contributed by atoms with Crippen molar-refractivity contribution >= 4 is 45.2 Å². The van der Waals surface area contributed by atoms with E-state index in [0.29, 0.717) is 35.2 Å². The van der Waals surface area contributed by atoms with E-state index in [4.69, 9.17) is 0 Å². The number of nitrogens with one attached hydrogen (secondary N) is 4. The lowest BCUT2D eigenvalue weighted by molar-refractivity contribution is -0.403. The van der Waals surface area contributed by atoms with Crippen LogP contribution in [-0.4, -0.2) is 46.9 Å². The van der Waals surface area contributed by atoms with Crippen LogP contribution in [0.1, 0.15) is 34.5 Å². The lowest BCUT2D eigenvalue weighted by Crippen LogP contribution is -2.36. The summed E-state index contributed by atoms with van der Waals surface area (Å²) >= 11 is 1.37. The van der Waals surface area contributed by atoms with Crippen LogP contribution in [0.3, 0.4) is 0 Å². The molecule has 0 radical (unpaired) electrons.